The number of anilines is 3. The van der Waals surface area contributed by atoms with Crippen molar-refractivity contribution >= 4 is 37.1 Å². The third-order valence-corrected chi connectivity index (χ3v) is 8.00. The molecule has 180 valence electrons. The van der Waals surface area contributed by atoms with Gasteiger partial charge >= 0.3 is 0 Å². The lowest BCUT2D eigenvalue weighted by atomic mass is 10.2. The number of benzene rings is 3. The van der Waals surface area contributed by atoms with E-state index in [0.717, 1.165) is 31.3 Å². The van der Waals surface area contributed by atoms with Crippen LogP contribution < -0.4 is 19.7 Å². The Morgan fingerprint density at radius 3 is 2.15 bits per heavy atom. The van der Waals surface area contributed by atoms with Crippen LogP contribution in [0.25, 0.3) is 0 Å². The largest absolute Gasteiger partial charge is 0.369 e. The van der Waals surface area contributed by atoms with Crippen molar-refractivity contribution in [2.75, 3.05) is 40.5 Å². The standard InChI is InChI=1S/C22H22F2N4O4S2/c23-18-7-4-8-21(22(18)24)34(31,32)26-19-10-9-16(28-13-11-25-12-14-28)15-20(19)27-33(29,30)17-5-2-1-3-6-17/h1-10,15,25-27H,11-14H2. The molecule has 1 aliphatic heterocycles. The van der Waals surface area contributed by atoms with Gasteiger partial charge in [-0.15, -0.1) is 0 Å². The molecule has 0 atom stereocenters. The van der Waals surface area contributed by atoms with E-state index in [0.29, 0.717) is 18.8 Å². The summed E-state index contributed by atoms with van der Waals surface area (Å²) in [6, 6.07) is 14.9. The monoisotopic (exact) mass is 508 g/mol. The van der Waals surface area contributed by atoms with Crippen LogP contribution in [0.15, 0.2) is 76.5 Å². The highest BCUT2D eigenvalue weighted by Crippen LogP contribution is 2.32. The van der Waals surface area contributed by atoms with Crippen LogP contribution in [0.5, 0.6) is 0 Å². The van der Waals surface area contributed by atoms with Crippen LogP contribution >= 0.6 is 0 Å². The summed E-state index contributed by atoms with van der Waals surface area (Å²) < 4.78 is 84.0. The lowest BCUT2D eigenvalue weighted by Gasteiger charge is -2.30. The molecule has 0 bridgehead atoms. The maximum Gasteiger partial charge on any atom is 0.264 e. The van der Waals surface area contributed by atoms with E-state index in [1.165, 1.54) is 24.3 Å². The van der Waals surface area contributed by atoms with Gasteiger partial charge in [0.25, 0.3) is 20.0 Å². The quantitative estimate of drug-likeness (QED) is 0.453. The Balaban J connectivity index is 1.74. The smallest absolute Gasteiger partial charge is 0.264 e. The van der Waals surface area contributed by atoms with Crippen molar-refractivity contribution in [3.63, 3.8) is 0 Å². The van der Waals surface area contributed by atoms with Crippen LogP contribution in [0, 0.1) is 11.6 Å². The molecular formula is C22H22F2N4O4S2. The van der Waals surface area contributed by atoms with E-state index >= 15 is 0 Å². The van der Waals surface area contributed by atoms with E-state index in [-0.39, 0.29) is 16.3 Å². The molecule has 4 rings (SSSR count). The average molecular weight is 509 g/mol. The van der Waals surface area contributed by atoms with Gasteiger partial charge in [0.15, 0.2) is 11.6 Å². The highest BCUT2D eigenvalue weighted by molar-refractivity contribution is 7.93. The van der Waals surface area contributed by atoms with Crippen LogP contribution in [-0.4, -0.2) is 43.0 Å². The summed E-state index contributed by atoms with van der Waals surface area (Å²) >= 11 is 0. The fourth-order valence-electron chi connectivity index (χ4n) is 3.52. The molecule has 34 heavy (non-hydrogen) atoms. The van der Waals surface area contributed by atoms with E-state index in [1.54, 1.807) is 24.3 Å². The number of nitrogens with one attached hydrogen (secondary N) is 3. The Hall–Kier alpha value is -3.22. The number of nitrogens with zero attached hydrogens (tertiary/aromatic N) is 1. The number of hydrogen-bond acceptors (Lipinski definition) is 6. The lowest BCUT2D eigenvalue weighted by Crippen LogP contribution is -2.43. The Labute approximate surface area is 196 Å². The van der Waals surface area contributed by atoms with Crippen LogP contribution in [-0.2, 0) is 20.0 Å². The van der Waals surface area contributed by atoms with Crippen LogP contribution in [0.3, 0.4) is 0 Å². The first-order chi connectivity index (χ1) is 16.2. The van der Waals surface area contributed by atoms with E-state index in [2.05, 4.69) is 14.8 Å². The molecule has 0 radical (unpaired) electrons. The number of piperazine rings is 1. The predicted octanol–water partition coefficient (Wildman–Crippen LogP) is 2.98. The van der Waals surface area contributed by atoms with Gasteiger partial charge in [-0.3, -0.25) is 9.44 Å². The molecule has 0 aromatic heterocycles. The first kappa shape index (κ1) is 23.9. The number of halogens is 2. The minimum Gasteiger partial charge on any atom is -0.369 e. The molecule has 0 amide bonds. The van der Waals surface area contributed by atoms with Gasteiger partial charge in [0.1, 0.15) is 4.90 Å². The van der Waals surface area contributed by atoms with Gasteiger partial charge in [-0.2, -0.15) is 0 Å². The minimum atomic E-state index is -4.57. The highest BCUT2D eigenvalue weighted by Gasteiger charge is 2.25. The Morgan fingerprint density at radius 2 is 1.44 bits per heavy atom. The first-order valence-corrected chi connectivity index (χ1v) is 13.3. The zero-order valence-electron chi connectivity index (χ0n) is 17.8. The maximum atomic E-state index is 14.2. The molecular weight excluding hydrogens is 486 g/mol. The summed E-state index contributed by atoms with van der Waals surface area (Å²) in [4.78, 5) is 1.10. The number of sulfonamides is 2. The number of hydrogen-bond donors (Lipinski definition) is 3. The summed E-state index contributed by atoms with van der Waals surface area (Å²) in [5.74, 6) is -2.85. The van der Waals surface area contributed by atoms with Crippen LogP contribution in [0.2, 0.25) is 0 Å². The molecule has 0 aliphatic carbocycles. The van der Waals surface area contributed by atoms with Crippen molar-refractivity contribution in [3.8, 4) is 0 Å². The summed E-state index contributed by atoms with van der Waals surface area (Å²) in [6.07, 6.45) is 0. The maximum absolute atomic E-state index is 14.2. The van der Waals surface area contributed by atoms with Crippen molar-refractivity contribution < 1.29 is 25.6 Å². The van der Waals surface area contributed by atoms with Crippen LogP contribution in [0.4, 0.5) is 25.8 Å². The van der Waals surface area contributed by atoms with E-state index in [1.807, 2.05) is 4.90 Å². The predicted molar refractivity (Wildman–Crippen MR) is 126 cm³/mol. The summed E-state index contributed by atoms with van der Waals surface area (Å²) in [6.45, 7) is 2.81. The molecule has 1 heterocycles. The zero-order chi connectivity index (χ0) is 24.3. The second-order valence-corrected chi connectivity index (χ2v) is 10.9. The van der Waals surface area contributed by atoms with Gasteiger partial charge < -0.3 is 10.2 Å². The molecule has 0 saturated carbocycles. The SMILES string of the molecule is O=S(=O)(Nc1cc(N2CCNCC2)ccc1NS(=O)(=O)c1cccc(F)c1F)c1ccccc1. The second-order valence-electron chi connectivity index (χ2n) is 7.54. The molecule has 1 fully saturated rings. The van der Waals surface area contributed by atoms with Crippen LogP contribution in [0.1, 0.15) is 0 Å². The van der Waals surface area contributed by atoms with Gasteiger partial charge in [0, 0.05) is 31.9 Å². The molecule has 3 aromatic rings. The highest BCUT2D eigenvalue weighted by atomic mass is 32.2. The minimum absolute atomic E-state index is 0.0208. The fourth-order valence-corrected chi connectivity index (χ4v) is 5.78. The van der Waals surface area contributed by atoms with Gasteiger partial charge in [-0.25, -0.2) is 25.6 Å². The molecule has 3 N–H and O–H groups in total. The van der Waals surface area contributed by atoms with Crippen molar-refractivity contribution in [3.05, 3.63) is 78.4 Å². The Bertz CT molecular complexity index is 1400. The van der Waals surface area contributed by atoms with Gasteiger partial charge in [0.2, 0.25) is 0 Å². The van der Waals surface area contributed by atoms with E-state index < -0.39 is 36.6 Å². The average Bonchev–Trinajstić information content (AvgIpc) is 2.82. The van der Waals surface area contributed by atoms with E-state index in [4.69, 9.17) is 0 Å². The Morgan fingerprint density at radius 1 is 0.765 bits per heavy atom. The zero-order valence-corrected chi connectivity index (χ0v) is 19.5. The Kier molecular flexibility index (Phi) is 6.73. The van der Waals surface area contributed by atoms with Crippen molar-refractivity contribution in [2.45, 2.75) is 9.79 Å². The summed E-state index contributed by atoms with van der Waals surface area (Å²) in [5.41, 5.74) is 0.481. The first-order valence-electron chi connectivity index (χ1n) is 10.3. The van der Waals surface area contributed by atoms with Gasteiger partial charge in [-0.1, -0.05) is 24.3 Å². The summed E-state index contributed by atoms with van der Waals surface area (Å²) in [5, 5.41) is 3.22. The van der Waals surface area contributed by atoms with Crippen molar-refractivity contribution in [1.82, 2.24) is 5.32 Å². The molecule has 1 aliphatic rings. The molecule has 8 nitrogen and oxygen atoms in total. The van der Waals surface area contributed by atoms with E-state index in [9.17, 15) is 25.6 Å². The molecule has 1 saturated heterocycles. The number of rotatable bonds is 7. The fraction of sp³-hybridized carbons (Fsp3) is 0.182. The third-order valence-electron chi connectivity index (χ3n) is 5.23. The normalized spacial score (nSPS) is 14.6. The molecule has 12 heteroatoms. The molecule has 0 unspecified atom stereocenters. The molecule has 3 aromatic carbocycles. The topological polar surface area (TPSA) is 108 Å². The third kappa shape index (κ3) is 5.13. The van der Waals surface area contributed by atoms with Crippen molar-refractivity contribution in [1.29, 1.82) is 0 Å². The van der Waals surface area contributed by atoms with Crippen molar-refractivity contribution in [2.24, 2.45) is 0 Å². The lowest BCUT2D eigenvalue weighted by molar-refractivity contribution is 0.485. The second kappa shape index (κ2) is 9.57. The molecule has 0 spiro atoms. The van der Waals surface area contributed by atoms with Gasteiger partial charge in [-0.05, 0) is 42.5 Å². The van der Waals surface area contributed by atoms with Gasteiger partial charge in [0.05, 0.1) is 16.3 Å². The summed E-state index contributed by atoms with van der Waals surface area (Å²) in [7, 11) is -8.64.